The fourth-order valence-corrected chi connectivity index (χ4v) is 4.77. The van der Waals surface area contributed by atoms with E-state index in [1.165, 1.54) is 9.13 Å². The molecule has 1 aliphatic heterocycles. The second kappa shape index (κ2) is 11.1. The molecule has 3 aromatic heterocycles. The summed E-state index contributed by atoms with van der Waals surface area (Å²) in [4.78, 5) is 50.9. The van der Waals surface area contributed by atoms with Gasteiger partial charge in [-0.3, -0.25) is 18.9 Å². The summed E-state index contributed by atoms with van der Waals surface area (Å²) >= 11 is 0. The van der Waals surface area contributed by atoms with Gasteiger partial charge in [-0.1, -0.05) is 17.7 Å². The Balaban J connectivity index is 1.78. The van der Waals surface area contributed by atoms with Crippen molar-refractivity contribution in [3.05, 3.63) is 62.1 Å². The first kappa shape index (κ1) is 28.1. The van der Waals surface area contributed by atoms with Gasteiger partial charge < -0.3 is 19.5 Å². The van der Waals surface area contributed by atoms with Crippen LogP contribution in [0.3, 0.4) is 0 Å². The van der Waals surface area contributed by atoms with Crippen molar-refractivity contribution in [2.24, 2.45) is 7.05 Å². The molecule has 4 heterocycles. The fourth-order valence-electron chi connectivity index (χ4n) is 4.77. The van der Waals surface area contributed by atoms with Crippen LogP contribution in [0.1, 0.15) is 58.7 Å². The first-order valence-electron chi connectivity index (χ1n) is 13.3. The number of nitrogens with zero attached hydrogens (tertiary/aromatic N) is 6. The smallest absolute Gasteiger partial charge is 0.407 e. The van der Waals surface area contributed by atoms with Gasteiger partial charge in [0.15, 0.2) is 11.2 Å². The van der Waals surface area contributed by atoms with Crippen molar-refractivity contribution in [1.82, 2.24) is 29.0 Å². The van der Waals surface area contributed by atoms with Crippen LogP contribution in [-0.4, -0.2) is 54.5 Å². The molecule has 0 saturated carbocycles. The molecule has 1 atom stereocenters. The molecule has 1 N–H and O–H groups in total. The lowest BCUT2D eigenvalue weighted by molar-refractivity contribution is 0.0499. The molecule has 0 bridgehead atoms. The molecule has 3 aromatic rings. The van der Waals surface area contributed by atoms with Crippen molar-refractivity contribution in [3.63, 3.8) is 0 Å². The van der Waals surface area contributed by atoms with Crippen molar-refractivity contribution in [3.8, 4) is 0 Å². The van der Waals surface area contributed by atoms with Crippen LogP contribution in [0.5, 0.6) is 0 Å². The minimum absolute atomic E-state index is 0.0723. The van der Waals surface area contributed by atoms with Crippen molar-refractivity contribution in [2.45, 2.75) is 79.1 Å². The highest BCUT2D eigenvalue weighted by molar-refractivity contribution is 5.75. The first-order valence-corrected chi connectivity index (χ1v) is 13.3. The molecule has 0 aromatic carbocycles. The molecule has 1 aliphatic rings. The number of imidazole rings is 1. The monoisotopic (exact) mass is 537 g/mol. The minimum atomic E-state index is -0.588. The van der Waals surface area contributed by atoms with Gasteiger partial charge >= 0.3 is 11.8 Å². The fraction of sp³-hybridized carbons (Fsp3) is 0.536. The van der Waals surface area contributed by atoms with Gasteiger partial charge in [-0.15, -0.1) is 0 Å². The zero-order valence-electron chi connectivity index (χ0n) is 23.9. The predicted molar refractivity (Wildman–Crippen MR) is 151 cm³/mol. The molecular formula is C28H39N7O4. The van der Waals surface area contributed by atoms with E-state index in [2.05, 4.69) is 15.2 Å². The molecule has 1 saturated heterocycles. The topological polar surface area (TPSA) is 116 Å². The third kappa shape index (κ3) is 6.23. The van der Waals surface area contributed by atoms with Gasteiger partial charge in [-0.2, -0.15) is 4.98 Å². The van der Waals surface area contributed by atoms with Crippen molar-refractivity contribution in [2.75, 3.05) is 18.0 Å². The Morgan fingerprint density at radius 3 is 2.64 bits per heavy atom. The standard InChI is InChI=1S/C28H39N7O4/c1-18(2)12-15-34-22-23(32(7)27(38)35(24(22)36)17-21-19(3)10-8-13-29-21)31-25(34)33-14-9-11-20(16-33)30-26(37)39-28(4,5)6/h8,10,12-13,20H,9,11,14-17H2,1-7H3,(H,30,37). The number of carbonyl (C=O) groups is 1. The summed E-state index contributed by atoms with van der Waals surface area (Å²) in [6, 6.07) is 3.59. The van der Waals surface area contributed by atoms with E-state index in [1.807, 2.05) is 64.3 Å². The second-order valence-corrected chi connectivity index (χ2v) is 11.4. The Hall–Kier alpha value is -3.89. The molecule has 1 amide bonds. The van der Waals surface area contributed by atoms with Crippen molar-refractivity contribution in [1.29, 1.82) is 0 Å². The zero-order chi connectivity index (χ0) is 28.5. The number of piperidine rings is 1. The number of hydrogen-bond donors (Lipinski definition) is 1. The molecule has 1 unspecified atom stereocenters. The molecule has 210 valence electrons. The van der Waals surface area contributed by atoms with Crippen LogP contribution in [0.4, 0.5) is 10.7 Å². The molecular weight excluding hydrogens is 498 g/mol. The molecule has 11 heteroatoms. The highest BCUT2D eigenvalue weighted by Crippen LogP contribution is 2.24. The van der Waals surface area contributed by atoms with Gasteiger partial charge in [-0.05, 0) is 66.0 Å². The third-order valence-electron chi connectivity index (χ3n) is 6.75. The predicted octanol–water partition coefficient (Wildman–Crippen LogP) is 3.11. The maximum Gasteiger partial charge on any atom is 0.407 e. The molecule has 0 spiro atoms. The molecule has 0 aliphatic carbocycles. The van der Waals surface area contributed by atoms with E-state index in [0.29, 0.717) is 42.4 Å². The van der Waals surface area contributed by atoms with Gasteiger partial charge in [0.2, 0.25) is 5.95 Å². The number of rotatable bonds is 6. The highest BCUT2D eigenvalue weighted by Gasteiger charge is 2.29. The summed E-state index contributed by atoms with van der Waals surface area (Å²) in [5, 5.41) is 2.97. The summed E-state index contributed by atoms with van der Waals surface area (Å²) in [5.41, 5.74) is 1.92. The van der Waals surface area contributed by atoms with E-state index in [1.54, 1.807) is 13.2 Å². The minimum Gasteiger partial charge on any atom is -0.444 e. The van der Waals surface area contributed by atoms with E-state index in [9.17, 15) is 14.4 Å². The van der Waals surface area contributed by atoms with E-state index >= 15 is 0 Å². The number of aromatic nitrogens is 5. The number of ether oxygens (including phenoxy) is 1. The molecule has 1 fully saturated rings. The number of anilines is 1. The summed E-state index contributed by atoms with van der Waals surface area (Å²) in [5.74, 6) is 0.594. The Morgan fingerprint density at radius 2 is 1.97 bits per heavy atom. The lowest BCUT2D eigenvalue weighted by Gasteiger charge is -2.34. The van der Waals surface area contributed by atoms with Gasteiger partial charge in [0.05, 0.1) is 12.2 Å². The summed E-state index contributed by atoms with van der Waals surface area (Å²) in [7, 11) is 1.64. The van der Waals surface area contributed by atoms with Gasteiger partial charge in [0.25, 0.3) is 5.56 Å². The number of fused-ring (bicyclic) bond motifs is 1. The Kier molecular flexibility index (Phi) is 7.99. The van der Waals surface area contributed by atoms with E-state index in [0.717, 1.165) is 24.0 Å². The van der Waals surface area contributed by atoms with Crippen LogP contribution in [0.15, 0.2) is 39.6 Å². The Labute approximate surface area is 228 Å². The molecule has 0 radical (unpaired) electrons. The lowest BCUT2D eigenvalue weighted by Crippen LogP contribution is -2.49. The number of nitrogens with one attached hydrogen (secondary N) is 1. The van der Waals surface area contributed by atoms with Crippen molar-refractivity contribution < 1.29 is 9.53 Å². The largest absolute Gasteiger partial charge is 0.444 e. The SMILES string of the molecule is CC(C)=CCn1c(N2CCCC(NC(=O)OC(C)(C)C)C2)nc2c1c(=O)n(Cc1ncccc1C)c(=O)n2C. The normalized spacial score (nSPS) is 15.9. The summed E-state index contributed by atoms with van der Waals surface area (Å²) < 4.78 is 9.98. The average molecular weight is 538 g/mol. The molecule has 11 nitrogen and oxygen atoms in total. The molecule has 39 heavy (non-hydrogen) atoms. The van der Waals surface area contributed by atoms with E-state index in [4.69, 9.17) is 9.72 Å². The van der Waals surface area contributed by atoms with Gasteiger partial charge in [-0.25, -0.2) is 9.59 Å². The number of hydrogen-bond acceptors (Lipinski definition) is 7. The average Bonchev–Trinajstić information content (AvgIpc) is 3.24. The molecule has 4 rings (SSSR count). The number of carbonyl (C=O) groups excluding carboxylic acids is 1. The highest BCUT2D eigenvalue weighted by atomic mass is 16.6. The maximum absolute atomic E-state index is 13.9. The van der Waals surface area contributed by atoms with Gasteiger partial charge in [0, 0.05) is 38.9 Å². The summed E-state index contributed by atoms with van der Waals surface area (Å²) in [6.07, 6.45) is 4.86. The van der Waals surface area contributed by atoms with Crippen LogP contribution in [-0.2, 0) is 24.9 Å². The maximum atomic E-state index is 13.9. The number of pyridine rings is 1. The second-order valence-electron chi connectivity index (χ2n) is 11.4. The summed E-state index contributed by atoms with van der Waals surface area (Å²) in [6.45, 7) is 13.1. The first-order chi connectivity index (χ1) is 18.4. The number of alkyl carbamates (subject to hydrolysis) is 1. The quantitative estimate of drug-likeness (QED) is 0.480. The van der Waals surface area contributed by atoms with Crippen LogP contribution in [0.2, 0.25) is 0 Å². The Bertz CT molecular complexity index is 1520. The van der Waals surface area contributed by atoms with Crippen LogP contribution >= 0.6 is 0 Å². The van der Waals surface area contributed by atoms with E-state index < -0.39 is 22.9 Å². The Morgan fingerprint density at radius 1 is 1.23 bits per heavy atom. The third-order valence-corrected chi connectivity index (χ3v) is 6.75. The van der Waals surface area contributed by atoms with Crippen LogP contribution in [0, 0.1) is 6.92 Å². The van der Waals surface area contributed by atoms with Gasteiger partial charge in [0.1, 0.15) is 5.60 Å². The van der Waals surface area contributed by atoms with Crippen LogP contribution < -0.4 is 21.5 Å². The lowest BCUT2D eigenvalue weighted by atomic mass is 10.1. The zero-order valence-corrected chi connectivity index (χ0v) is 23.9. The van der Waals surface area contributed by atoms with Crippen LogP contribution in [0.25, 0.3) is 11.2 Å². The van der Waals surface area contributed by atoms with Crippen molar-refractivity contribution >= 4 is 23.2 Å². The van der Waals surface area contributed by atoms with E-state index in [-0.39, 0.29) is 12.6 Å². The number of amides is 1. The number of allylic oxidation sites excluding steroid dienone is 2. The number of aryl methyl sites for hydroxylation is 2.